The molecule has 0 saturated carbocycles. The molecule has 0 saturated heterocycles. The van der Waals surface area contributed by atoms with Crippen LogP contribution in [0.1, 0.15) is 4.88 Å². The number of hydrogen-bond acceptors (Lipinski definition) is 5. The lowest BCUT2D eigenvalue weighted by Crippen LogP contribution is -1.87. The van der Waals surface area contributed by atoms with Crippen molar-refractivity contribution in [1.82, 2.24) is 14.4 Å². The lowest BCUT2D eigenvalue weighted by molar-refractivity contribution is 0.415. The molecule has 0 amide bonds. The average Bonchev–Trinajstić information content (AvgIpc) is 3.19. The van der Waals surface area contributed by atoms with Gasteiger partial charge in [0.1, 0.15) is 22.1 Å². The molecule has 24 heavy (non-hydrogen) atoms. The van der Waals surface area contributed by atoms with Crippen molar-refractivity contribution in [3.05, 3.63) is 59.7 Å². The fourth-order valence-electron chi connectivity index (χ4n) is 2.47. The van der Waals surface area contributed by atoms with Crippen LogP contribution in [-0.2, 0) is 0 Å². The van der Waals surface area contributed by atoms with Crippen LogP contribution >= 0.6 is 23.1 Å². The molecule has 0 atom stereocenters. The summed E-state index contributed by atoms with van der Waals surface area (Å²) in [6, 6.07) is 14.0. The Morgan fingerprint density at radius 3 is 2.67 bits per heavy atom. The number of methoxy groups -OCH3 is 1. The first-order valence-corrected chi connectivity index (χ1v) is 9.10. The second-order valence-electron chi connectivity index (χ2n) is 5.26. The van der Waals surface area contributed by atoms with Crippen LogP contribution in [0.4, 0.5) is 0 Å². The van der Waals surface area contributed by atoms with E-state index in [-0.39, 0.29) is 0 Å². The summed E-state index contributed by atoms with van der Waals surface area (Å²) in [5, 5.41) is 1.07. The smallest absolute Gasteiger partial charge is 0.156 e. The highest BCUT2D eigenvalue weighted by molar-refractivity contribution is 8.01. The predicted molar refractivity (Wildman–Crippen MR) is 98.2 cm³/mol. The van der Waals surface area contributed by atoms with Crippen molar-refractivity contribution in [3.8, 4) is 17.0 Å². The molecule has 0 N–H and O–H groups in total. The zero-order valence-electron chi connectivity index (χ0n) is 13.3. The highest BCUT2D eigenvalue weighted by atomic mass is 32.2. The minimum Gasteiger partial charge on any atom is -0.497 e. The van der Waals surface area contributed by atoms with Gasteiger partial charge in [-0.1, -0.05) is 6.07 Å². The molecule has 4 aromatic rings. The van der Waals surface area contributed by atoms with Crippen LogP contribution < -0.4 is 4.74 Å². The van der Waals surface area contributed by atoms with Gasteiger partial charge in [0.2, 0.25) is 0 Å². The molecule has 3 aromatic heterocycles. The first kappa shape index (κ1) is 15.2. The van der Waals surface area contributed by atoms with Gasteiger partial charge >= 0.3 is 0 Å². The molecular formula is C18H15N3OS2. The monoisotopic (exact) mass is 353 g/mol. The molecule has 0 unspecified atom stereocenters. The van der Waals surface area contributed by atoms with E-state index in [1.165, 1.54) is 4.88 Å². The molecule has 120 valence electrons. The first-order chi connectivity index (χ1) is 11.7. The summed E-state index contributed by atoms with van der Waals surface area (Å²) in [5.74, 6) is 0.840. The van der Waals surface area contributed by atoms with E-state index in [4.69, 9.17) is 9.72 Å². The average molecular weight is 353 g/mol. The number of nitrogens with zero attached hydrogens (tertiary/aromatic N) is 3. The summed E-state index contributed by atoms with van der Waals surface area (Å²) < 4.78 is 8.39. The van der Waals surface area contributed by atoms with E-state index in [1.54, 1.807) is 30.2 Å². The summed E-state index contributed by atoms with van der Waals surface area (Å²) >= 11 is 3.35. The summed E-state index contributed by atoms with van der Waals surface area (Å²) in [7, 11) is 1.67. The second-order valence-corrected chi connectivity index (χ2v) is 7.73. The second kappa shape index (κ2) is 6.30. The standard InChI is InChI=1S/C18H15N3OS2/c1-12-11-19-18(23-12)24-17-16(13-6-8-14(22-2)9-7-13)20-15-5-3-4-10-21(15)17/h3-11H,1-2H3. The molecule has 0 fully saturated rings. The largest absolute Gasteiger partial charge is 0.497 e. The van der Waals surface area contributed by atoms with Crippen molar-refractivity contribution < 1.29 is 4.74 Å². The Morgan fingerprint density at radius 2 is 1.96 bits per heavy atom. The molecule has 4 nitrogen and oxygen atoms in total. The number of fused-ring (bicyclic) bond motifs is 1. The summed E-state index contributed by atoms with van der Waals surface area (Å²) in [6.07, 6.45) is 3.95. The van der Waals surface area contributed by atoms with Crippen LogP contribution in [-0.4, -0.2) is 21.5 Å². The molecule has 0 radical (unpaired) electrons. The van der Waals surface area contributed by atoms with Crippen molar-refractivity contribution in [2.75, 3.05) is 7.11 Å². The molecule has 1 aromatic carbocycles. The minimum atomic E-state index is 0.840. The van der Waals surface area contributed by atoms with E-state index in [9.17, 15) is 0 Å². The van der Waals surface area contributed by atoms with Crippen molar-refractivity contribution >= 4 is 28.7 Å². The summed E-state index contributed by atoms with van der Waals surface area (Å²) in [5.41, 5.74) is 2.95. The van der Waals surface area contributed by atoms with E-state index in [1.807, 2.05) is 54.9 Å². The Balaban J connectivity index is 1.85. The number of imidazole rings is 1. The molecule has 0 aliphatic heterocycles. The Hall–Kier alpha value is -2.31. The van der Waals surface area contributed by atoms with Gasteiger partial charge in [-0.2, -0.15) is 0 Å². The van der Waals surface area contributed by atoms with Crippen molar-refractivity contribution in [1.29, 1.82) is 0 Å². The summed E-state index contributed by atoms with van der Waals surface area (Å²) in [4.78, 5) is 10.5. The van der Waals surface area contributed by atoms with E-state index in [0.29, 0.717) is 0 Å². The SMILES string of the molecule is COc1ccc(-c2nc3ccccn3c2Sc2ncc(C)s2)cc1. The molecule has 0 aliphatic carbocycles. The van der Waals surface area contributed by atoms with Gasteiger partial charge in [0.15, 0.2) is 4.34 Å². The van der Waals surface area contributed by atoms with Crippen molar-refractivity contribution in [2.45, 2.75) is 16.3 Å². The number of rotatable bonds is 4. The molecular weight excluding hydrogens is 338 g/mol. The van der Waals surface area contributed by atoms with Crippen molar-refractivity contribution in [3.63, 3.8) is 0 Å². The van der Waals surface area contributed by atoms with Gasteiger partial charge in [-0.05, 0) is 55.1 Å². The lowest BCUT2D eigenvalue weighted by atomic mass is 10.1. The van der Waals surface area contributed by atoms with E-state index < -0.39 is 0 Å². The Kier molecular flexibility index (Phi) is 4.00. The van der Waals surface area contributed by atoms with Gasteiger partial charge in [-0.3, -0.25) is 4.40 Å². The van der Waals surface area contributed by atoms with Gasteiger partial charge in [-0.15, -0.1) is 11.3 Å². The highest BCUT2D eigenvalue weighted by Gasteiger charge is 2.16. The van der Waals surface area contributed by atoms with Crippen molar-refractivity contribution in [2.24, 2.45) is 0 Å². The minimum absolute atomic E-state index is 0.840. The molecule has 6 heteroatoms. The van der Waals surface area contributed by atoms with E-state index in [0.717, 1.165) is 32.0 Å². The lowest BCUT2D eigenvalue weighted by Gasteiger charge is -2.04. The van der Waals surface area contributed by atoms with Crippen LogP contribution in [0.2, 0.25) is 0 Å². The van der Waals surface area contributed by atoms with Crippen LogP contribution in [0, 0.1) is 6.92 Å². The van der Waals surface area contributed by atoms with Crippen LogP contribution in [0.25, 0.3) is 16.9 Å². The fourth-order valence-corrected chi connectivity index (χ4v) is 4.54. The highest BCUT2D eigenvalue weighted by Crippen LogP contribution is 2.38. The normalized spacial score (nSPS) is 11.1. The Bertz CT molecular complexity index is 989. The number of thiazole rings is 1. The quantitative estimate of drug-likeness (QED) is 0.522. The maximum Gasteiger partial charge on any atom is 0.156 e. The summed E-state index contributed by atoms with van der Waals surface area (Å²) in [6.45, 7) is 2.07. The Labute approximate surface area is 148 Å². The van der Waals surface area contributed by atoms with Gasteiger partial charge < -0.3 is 4.74 Å². The van der Waals surface area contributed by atoms with Crippen LogP contribution in [0.5, 0.6) is 5.75 Å². The zero-order chi connectivity index (χ0) is 16.5. The maximum atomic E-state index is 5.25. The van der Waals surface area contributed by atoms with Crippen LogP contribution in [0.15, 0.2) is 64.2 Å². The fraction of sp³-hybridized carbons (Fsp3) is 0.111. The third-order valence-electron chi connectivity index (χ3n) is 3.63. The number of ether oxygens (including phenoxy) is 1. The van der Waals surface area contributed by atoms with E-state index in [2.05, 4.69) is 16.3 Å². The molecule has 4 rings (SSSR count). The number of hydrogen-bond donors (Lipinski definition) is 0. The molecule has 0 aliphatic rings. The number of benzene rings is 1. The topological polar surface area (TPSA) is 39.4 Å². The van der Waals surface area contributed by atoms with Gasteiger partial charge in [0.05, 0.1) is 7.11 Å². The molecule has 0 bridgehead atoms. The molecule has 3 heterocycles. The van der Waals surface area contributed by atoms with Gasteiger partial charge in [-0.25, -0.2) is 9.97 Å². The third kappa shape index (κ3) is 2.79. The maximum absolute atomic E-state index is 5.25. The molecule has 0 spiro atoms. The van der Waals surface area contributed by atoms with E-state index >= 15 is 0 Å². The number of aromatic nitrogens is 3. The van der Waals surface area contributed by atoms with Gasteiger partial charge in [0.25, 0.3) is 0 Å². The zero-order valence-corrected chi connectivity index (χ0v) is 14.9. The predicted octanol–water partition coefficient (Wildman–Crippen LogP) is 4.93. The number of pyridine rings is 1. The third-order valence-corrected chi connectivity index (χ3v) is 5.70. The van der Waals surface area contributed by atoms with Crippen LogP contribution in [0.3, 0.4) is 0 Å². The number of aryl methyl sites for hydroxylation is 1. The Morgan fingerprint density at radius 1 is 1.12 bits per heavy atom. The van der Waals surface area contributed by atoms with Gasteiger partial charge in [0, 0.05) is 22.8 Å². The first-order valence-electron chi connectivity index (χ1n) is 7.46.